The predicted molar refractivity (Wildman–Crippen MR) is 108 cm³/mol. The first-order chi connectivity index (χ1) is 14.5. The summed E-state index contributed by atoms with van der Waals surface area (Å²) in [4.78, 5) is 14.4. The van der Waals surface area contributed by atoms with Crippen molar-refractivity contribution < 1.29 is 28.2 Å². The molecule has 1 amide bonds. The molecule has 0 bridgehead atoms. The smallest absolute Gasteiger partial charge is 0.253 e. The topological polar surface area (TPSA) is 72.1 Å². The van der Waals surface area contributed by atoms with Crippen LogP contribution in [-0.2, 0) is 0 Å². The Hall–Kier alpha value is -3.32. The minimum absolute atomic E-state index is 0.146. The van der Waals surface area contributed by atoms with Crippen LogP contribution < -0.4 is 9.47 Å². The SMILES string of the molecule is COc1cc(F)ccc1O[C@@H]1CCN(C(=O)c2ccc(-c3ccco3)cc2)C[C@H]1O. The molecule has 30 heavy (non-hydrogen) atoms. The van der Waals surface area contributed by atoms with Gasteiger partial charge in [0.15, 0.2) is 11.5 Å². The number of piperidine rings is 1. The average molecular weight is 411 g/mol. The van der Waals surface area contributed by atoms with Gasteiger partial charge in [0, 0.05) is 30.2 Å². The van der Waals surface area contributed by atoms with Crippen molar-refractivity contribution >= 4 is 5.91 Å². The highest BCUT2D eigenvalue weighted by atomic mass is 19.1. The number of nitrogens with zero attached hydrogens (tertiary/aromatic N) is 1. The Labute approximate surface area is 173 Å². The number of aliphatic hydroxyl groups is 1. The molecule has 1 aromatic heterocycles. The van der Waals surface area contributed by atoms with Gasteiger partial charge in [0.25, 0.3) is 5.91 Å². The van der Waals surface area contributed by atoms with E-state index in [2.05, 4.69) is 0 Å². The van der Waals surface area contributed by atoms with E-state index in [1.807, 2.05) is 24.3 Å². The molecule has 2 heterocycles. The van der Waals surface area contributed by atoms with E-state index in [9.17, 15) is 14.3 Å². The van der Waals surface area contributed by atoms with E-state index in [1.54, 1.807) is 23.3 Å². The molecule has 7 heteroatoms. The van der Waals surface area contributed by atoms with Crippen LogP contribution >= 0.6 is 0 Å². The zero-order chi connectivity index (χ0) is 21.1. The lowest BCUT2D eigenvalue weighted by Gasteiger charge is -2.36. The Morgan fingerprint density at radius 2 is 1.97 bits per heavy atom. The summed E-state index contributed by atoms with van der Waals surface area (Å²) < 4.78 is 29.7. The van der Waals surface area contributed by atoms with E-state index in [1.165, 1.54) is 25.3 Å². The number of hydrogen-bond donors (Lipinski definition) is 1. The van der Waals surface area contributed by atoms with Crippen molar-refractivity contribution in [3.63, 3.8) is 0 Å². The fourth-order valence-corrected chi connectivity index (χ4v) is 3.54. The second-order valence-electron chi connectivity index (χ2n) is 7.11. The molecule has 0 spiro atoms. The fraction of sp³-hybridized carbons (Fsp3) is 0.261. The van der Waals surface area contributed by atoms with Gasteiger partial charge in [-0.1, -0.05) is 12.1 Å². The molecular weight excluding hydrogens is 389 g/mol. The van der Waals surface area contributed by atoms with Crippen LogP contribution in [0.3, 0.4) is 0 Å². The first-order valence-corrected chi connectivity index (χ1v) is 9.66. The minimum Gasteiger partial charge on any atom is -0.493 e. The Morgan fingerprint density at radius 1 is 1.17 bits per heavy atom. The van der Waals surface area contributed by atoms with Crippen molar-refractivity contribution in [3.8, 4) is 22.8 Å². The Bertz CT molecular complexity index is 1000. The van der Waals surface area contributed by atoms with Crippen LogP contribution in [0.2, 0.25) is 0 Å². The maximum Gasteiger partial charge on any atom is 0.253 e. The number of methoxy groups -OCH3 is 1. The van der Waals surface area contributed by atoms with E-state index in [0.29, 0.717) is 24.3 Å². The van der Waals surface area contributed by atoms with Crippen LogP contribution in [0.5, 0.6) is 11.5 Å². The Kier molecular flexibility index (Phi) is 5.72. The van der Waals surface area contributed by atoms with E-state index < -0.39 is 18.0 Å². The summed E-state index contributed by atoms with van der Waals surface area (Å²) in [7, 11) is 1.43. The molecule has 0 saturated carbocycles. The summed E-state index contributed by atoms with van der Waals surface area (Å²) in [6.07, 6.45) is 0.649. The molecule has 1 N–H and O–H groups in total. The quantitative estimate of drug-likeness (QED) is 0.692. The second-order valence-corrected chi connectivity index (χ2v) is 7.11. The summed E-state index contributed by atoms with van der Waals surface area (Å²) in [5.74, 6) is 0.767. The van der Waals surface area contributed by atoms with Crippen molar-refractivity contribution in [2.45, 2.75) is 18.6 Å². The van der Waals surface area contributed by atoms with E-state index in [0.717, 1.165) is 11.3 Å². The average Bonchev–Trinajstić information content (AvgIpc) is 3.31. The largest absolute Gasteiger partial charge is 0.493 e. The summed E-state index contributed by atoms with van der Waals surface area (Å²) >= 11 is 0. The van der Waals surface area contributed by atoms with Crippen molar-refractivity contribution in [1.82, 2.24) is 4.90 Å². The first kappa shape index (κ1) is 20.0. The van der Waals surface area contributed by atoms with Gasteiger partial charge in [0.1, 0.15) is 23.8 Å². The van der Waals surface area contributed by atoms with Crippen LogP contribution in [0.4, 0.5) is 4.39 Å². The molecule has 1 aliphatic rings. The van der Waals surface area contributed by atoms with Crippen LogP contribution in [0, 0.1) is 5.82 Å². The highest BCUT2D eigenvalue weighted by molar-refractivity contribution is 5.94. The minimum atomic E-state index is -0.875. The van der Waals surface area contributed by atoms with Crippen molar-refractivity contribution in [2.24, 2.45) is 0 Å². The van der Waals surface area contributed by atoms with E-state index >= 15 is 0 Å². The second kappa shape index (κ2) is 8.59. The normalized spacial score (nSPS) is 18.8. The van der Waals surface area contributed by atoms with E-state index in [4.69, 9.17) is 13.9 Å². The zero-order valence-corrected chi connectivity index (χ0v) is 16.5. The monoisotopic (exact) mass is 411 g/mol. The van der Waals surface area contributed by atoms with Crippen molar-refractivity contribution in [1.29, 1.82) is 0 Å². The fourth-order valence-electron chi connectivity index (χ4n) is 3.54. The number of benzene rings is 2. The maximum atomic E-state index is 13.4. The molecule has 2 aromatic carbocycles. The number of ether oxygens (including phenoxy) is 2. The number of hydrogen-bond acceptors (Lipinski definition) is 5. The van der Waals surface area contributed by atoms with Crippen molar-refractivity contribution in [3.05, 3.63) is 72.2 Å². The Morgan fingerprint density at radius 3 is 2.63 bits per heavy atom. The number of amides is 1. The number of β-amino-alcohol motifs (C(OH)–C–C–N with tert-alkyl or cyclic N) is 1. The number of carbonyl (C=O) groups is 1. The highest BCUT2D eigenvalue weighted by Crippen LogP contribution is 2.30. The molecule has 4 rings (SSSR count). The van der Waals surface area contributed by atoms with Gasteiger partial charge in [0.05, 0.1) is 19.9 Å². The molecular formula is C23H22FNO5. The summed E-state index contributed by atoms with van der Waals surface area (Å²) in [5, 5.41) is 10.5. The number of aliphatic hydroxyl groups excluding tert-OH is 1. The lowest BCUT2D eigenvalue weighted by molar-refractivity contribution is -0.0207. The third-order valence-electron chi connectivity index (χ3n) is 5.15. The number of furan rings is 1. The third kappa shape index (κ3) is 4.16. The Balaban J connectivity index is 1.40. The number of likely N-dealkylation sites (tertiary alicyclic amines) is 1. The van der Waals surface area contributed by atoms with Gasteiger partial charge in [-0.05, 0) is 36.4 Å². The van der Waals surface area contributed by atoms with Gasteiger partial charge < -0.3 is 23.9 Å². The van der Waals surface area contributed by atoms with Gasteiger partial charge in [-0.3, -0.25) is 4.79 Å². The van der Waals surface area contributed by atoms with Crippen LogP contribution in [-0.4, -0.2) is 48.3 Å². The molecule has 1 aliphatic heterocycles. The molecule has 1 saturated heterocycles. The van der Waals surface area contributed by atoms with Gasteiger partial charge in [-0.15, -0.1) is 0 Å². The predicted octanol–water partition coefficient (Wildman–Crippen LogP) is 3.75. The van der Waals surface area contributed by atoms with Gasteiger partial charge >= 0.3 is 0 Å². The molecule has 6 nitrogen and oxygen atoms in total. The molecule has 0 unspecified atom stereocenters. The molecule has 2 atom stereocenters. The van der Waals surface area contributed by atoms with Gasteiger partial charge in [-0.25, -0.2) is 4.39 Å². The summed E-state index contributed by atoms with van der Waals surface area (Å²) in [5.41, 5.74) is 1.43. The molecule has 0 radical (unpaired) electrons. The number of halogens is 1. The zero-order valence-electron chi connectivity index (χ0n) is 16.5. The van der Waals surface area contributed by atoms with Crippen LogP contribution in [0.15, 0.2) is 65.3 Å². The third-order valence-corrected chi connectivity index (χ3v) is 5.15. The standard InChI is InChI=1S/C23H22FNO5/c1-28-22-13-17(24)8-9-21(22)30-20-10-11-25(14-18(20)26)23(27)16-6-4-15(5-7-16)19-3-2-12-29-19/h2-9,12-13,18,20,26H,10-11,14H2,1H3/t18-,20-/m1/s1. The molecule has 3 aromatic rings. The highest BCUT2D eigenvalue weighted by Gasteiger charge is 2.32. The lowest BCUT2D eigenvalue weighted by Crippen LogP contribution is -2.51. The van der Waals surface area contributed by atoms with E-state index in [-0.39, 0.29) is 18.2 Å². The van der Waals surface area contributed by atoms with Gasteiger partial charge in [0.2, 0.25) is 0 Å². The number of carbonyl (C=O) groups excluding carboxylic acids is 1. The van der Waals surface area contributed by atoms with Crippen molar-refractivity contribution in [2.75, 3.05) is 20.2 Å². The lowest BCUT2D eigenvalue weighted by atomic mass is 10.0. The molecule has 0 aliphatic carbocycles. The van der Waals surface area contributed by atoms with Crippen LogP contribution in [0.1, 0.15) is 16.8 Å². The van der Waals surface area contributed by atoms with Crippen LogP contribution in [0.25, 0.3) is 11.3 Å². The molecule has 156 valence electrons. The summed E-state index contributed by atoms with van der Waals surface area (Å²) in [6, 6.07) is 14.8. The molecule has 1 fully saturated rings. The number of rotatable bonds is 5. The summed E-state index contributed by atoms with van der Waals surface area (Å²) in [6.45, 7) is 0.580. The first-order valence-electron chi connectivity index (χ1n) is 9.66. The van der Waals surface area contributed by atoms with Gasteiger partial charge in [-0.2, -0.15) is 0 Å². The maximum absolute atomic E-state index is 13.4.